The molecule has 12 heavy (non-hydrogen) atoms. The molecule has 68 valence electrons. The van der Waals surface area contributed by atoms with Gasteiger partial charge in [0.15, 0.2) is 0 Å². The predicted octanol–water partition coefficient (Wildman–Crippen LogP) is 1.30. The molecule has 4 heteroatoms. The van der Waals surface area contributed by atoms with Gasteiger partial charge >= 0.3 is 0 Å². The molecule has 0 bridgehead atoms. The lowest BCUT2D eigenvalue weighted by Crippen LogP contribution is -2.11. The highest BCUT2D eigenvalue weighted by atomic mass is 16.3. The topological polar surface area (TPSA) is 50.9 Å². The number of aromatic nitrogens is 3. The van der Waals surface area contributed by atoms with E-state index in [2.05, 4.69) is 24.2 Å². The molecule has 0 radical (unpaired) electrons. The third-order valence-corrected chi connectivity index (χ3v) is 2.04. The number of rotatable bonds is 3. The van der Waals surface area contributed by atoms with Gasteiger partial charge in [-0.25, -0.2) is 4.68 Å². The summed E-state index contributed by atoms with van der Waals surface area (Å²) in [4.78, 5) is 0. The van der Waals surface area contributed by atoms with E-state index < -0.39 is 6.10 Å². The van der Waals surface area contributed by atoms with Gasteiger partial charge in [0.05, 0.1) is 24.0 Å². The smallest absolute Gasteiger partial charge is 0.0945 e. The van der Waals surface area contributed by atoms with Crippen LogP contribution >= 0.6 is 0 Å². The Hall–Kier alpha value is -0.900. The molecule has 0 aromatic carbocycles. The number of aliphatic hydroxyl groups is 1. The number of nitrogens with zero attached hydrogens (tertiary/aromatic N) is 3. The highest BCUT2D eigenvalue weighted by molar-refractivity contribution is 4.98. The van der Waals surface area contributed by atoms with Crippen molar-refractivity contribution in [3.05, 3.63) is 11.9 Å². The summed E-state index contributed by atoms with van der Waals surface area (Å²) in [5.41, 5.74) is 0.782. The van der Waals surface area contributed by atoms with Gasteiger partial charge in [-0.05, 0) is 20.3 Å². The zero-order valence-electron chi connectivity index (χ0n) is 7.73. The summed E-state index contributed by atoms with van der Waals surface area (Å²) in [6.45, 7) is 5.86. The lowest BCUT2D eigenvalue weighted by molar-refractivity contribution is 0.183. The van der Waals surface area contributed by atoms with E-state index in [1.54, 1.807) is 17.8 Å². The van der Waals surface area contributed by atoms with Crippen LogP contribution in [0.3, 0.4) is 0 Å². The molecule has 1 rings (SSSR count). The third kappa shape index (κ3) is 1.64. The van der Waals surface area contributed by atoms with Crippen LogP contribution in [0.5, 0.6) is 0 Å². The maximum Gasteiger partial charge on any atom is 0.0945 e. The fraction of sp³-hybridized carbons (Fsp3) is 0.750. The van der Waals surface area contributed by atoms with Crippen LogP contribution in [0.25, 0.3) is 0 Å². The predicted molar refractivity (Wildman–Crippen MR) is 45.7 cm³/mol. The van der Waals surface area contributed by atoms with Crippen molar-refractivity contribution in [3.63, 3.8) is 0 Å². The first-order valence-electron chi connectivity index (χ1n) is 4.25. The lowest BCUT2D eigenvalue weighted by atomic mass is 10.2. The van der Waals surface area contributed by atoms with Crippen LogP contribution in [-0.4, -0.2) is 20.1 Å². The van der Waals surface area contributed by atoms with Crippen LogP contribution in [0.1, 0.15) is 45.0 Å². The standard InChI is InChI=1S/C8H15N3O/c1-4-6(2)11-8(7(3)12)5-9-10-11/h5-7,12H,4H2,1-3H3. The van der Waals surface area contributed by atoms with Gasteiger partial charge in [0, 0.05) is 0 Å². The van der Waals surface area contributed by atoms with E-state index in [-0.39, 0.29) is 0 Å². The Bertz CT molecular complexity index is 244. The lowest BCUT2D eigenvalue weighted by Gasteiger charge is -2.13. The van der Waals surface area contributed by atoms with E-state index in [0.29, 0.717) is 6.04 Å². The fourth-order valence-corrected chi connectivity index (χ4v) is 1.07. The zero-order chi connectivity index (χ0) is 9.14. The number of aliphatic hydroxyl groups excluding tert-OH is 1. The van der Waals surface area contributed by atoms with E-state index in [1.807, 2.05) is 0 Å². The SMILES string of the molecule is CCC(C)n1nncc1C(C)O. The van der Waals surface area contributed by atoms with Crippen molar-refractivity contribution in [1.29, 1.82) is 0 Å². The van der Waals surface area contributed by atoms with E-state index >= 15 is 0 Å². The van der Waals surface area contributed by atoms with Crippen molar-refractivity contribution in [2.45, 2.75) is 39.3 Å². The van der Waals surface area contributed by atoms with Gasteiger partial charge < -0.3 is 5.11 Å². The molecule has 2 unspecified atom stereocenters. The normalized spacial score (nSPS) is 16.0. The van der Waals surface area contributed by atoms with Gasteiger partial charge in [0.25, 0.3) is 0 Å². The van der Waals surface area contributed by atoms with Crippen molar-refractivity contribution >= 4 is 0 Å². The van der Waals surface area contributed by atoms with E-state index in [0.717, 1.165) is 12.1 Å². The van der Waals surface area contributed by atoms with Crippen LogP contribution in [-0.2, 0) is 0 Å². The molecule has 0 saturated carbocycles. The van der Waals surface area contributed by atoms with Gasteiger partial charge in [0.1, 0.15) is 0 Å². The first kappa shape index (κ1) is 9.19. The molecule has 0 fully saturated rings. The molecule has 0 aliphatic heterocycles. The molecular formula is C8H15N3O. The zero-order valence-corrected chi connectivity index (χ0v) is 7.73. The minimum Gasteiger partial charge on any atom is -0.387 e. The summed E-state index contributed by atoms with van der Waals surface area (Å²) in [7, 11) is 0. The summed E-state index contributed by atoms with van der Waals surface area (Å²) in [5.74, 6) is 0. The molecule has 1 N–H and O–H groups in total. The molecule has 1 heterocycles. The van der Waals surface area contributed by atoms with Crippen molar-refractivity contribution < 1.29 is 5.11 Å². The first-order chi connectivity index (χ1) is 5.66. The molecular weight excluding hydrogens is 154 g/mol. The molecule has 0 saturated heterocycles. The average molecular weight is 169 g/mol. The van der Waals surface area contributed by atoms with Crippen molar-refractivity contribution in [3.8, 4) is 0 Å². The molecule has 0 amide bonds. The maximum absolute atomic E-state index is 9.34. The van der Waals surface area contributed by atoms with Gasteiger partial charge in [-0.15, -0.1) is 5.10 Å². The quantitative estimate of drug-likeness (QED) is 0.742. The van der Waals surface area contributed by atoms with Crippen LogP contribution in [0, 0.1) is 0 Å². The van der Waals surface area contributed by atoms with Gasteiger partial charge in [0.2, 0.25) is 0 Å². The molecule has 2 atom stereocenters. The van der Waals surface area contributed by atoms with Gasteiger partial charge in [-0.3, -0.25) is 0 Å². The van der Waals surface area contributed by atoms with Crippen LogP contribution in [0.2, 0.25) is 0 Å². The molecule has 1 aromatic rings. The third-order valence-electron chi connectivity index (χ3n) is 2.04. The number of hydrogen-bond donors (Lipinski definition) is 1. The average Bonchev–Trinajstić information content (AvgIpc) is 2.50. The Morgan fingerprint density at radius 2 is 2.25 bits per heavy atom. The molecule has 4 nitrogen and oxygen atoms in total. The van der Waals surface area contributed by atoms with Gasteiger partial charge in [-0.1, -0.05) is 12.1 Å². The minimum atomic E-state index is -0.492. The molecule has 0 aliphatic rings. The van der Waals surface area contributed by atoms with Crippen LogP contribution in [0.15, 0.2) is 6.20 Å². The maximum atomic E-state index is 9.34. The monoisotopic (exact) mass is 169 g/mol. The summed E-state index contributed by atoms with van der Waals surface area (Å²) < 4.78 is 1.77. The second-order valence-corrected chi connectivity index (χ2v) is 3.04. The Balaban J connectivity index is 2.91. The Morgan fingerprint density at radius 3 is 2.75 bits per heavy atom. The Morgan fingerprint density at radius 1 is 1.58 bits per heavy atom. The summed E-state index contributed by atoms with van der Waals surface area (Å²) in [5, 5.41) is 17.0. The van der Waals surface area contributed by atoms with Gasteiger partial charge in [-0.2, -0.15) is 0 Å². The van der Waals surface area contributed by atoms with E-state index in [9.17, 15) is 5.11 Å². The largest absolute Gasteiger partial charge is 0.387 e. The second-order valence-electron chi connectivity index (χ2n) is 3.04. The van der Waals surface area contributed by atoms with Crippen LogP contribution in [0.4, 0.5) is 0 Å². The van der Waals surface area contributed by atoms with Crippen molar-refractivity contribution in [2.24, 2.45) is 0 Å². The summed E-state index contributed by atoms with van der Waals surface area (Å²) in [6.07, 6.45) is 2.11. The molecule has 1 aromatic heterocycles. The minimum absolute atomic E-state index is 0.303. The Kier molecular flexibility index (Phi) is 2.81. The van der Waals surface area contributed by atoms with Crippen LogP contribution < -0.4 is 0 Å². The number of hydrogen-bond acceptors (Lipinski definition) is 3. The van der Waals surface area contributed by atoms with E-state index in [1.165, 1.54) is 0 Å². The highest BCUT2D eigenvalue weighted by Gasteiger charge is 2.12. The highest BCUT2D eigenvalue weighted by Crippen LogP contribution is 2.16. The fourth-order valence-electron chi connectivity index (χ4n) is 1.07. The van der Waals surface area contributed by atoms with Crippen molar-refractivity contribution in [2.75, 3.05) is 0 Å². The first-order valence-corrected chi connectivity index (χ1v) is 4.25. The van der Waals surface area contributed by atoms with E-state index in [4.69, 9.17) is 0 Å². The van der Waals surface area contributed by atoms with Crippen molar-refractivity contribution in [1.82, 2.24) is 15.0 Å². The summed E-state index contributed by atoms with van der Waals surface area (Å²) in [6, 6.07) is 0.303. The summed E-state index contributed by atoms with van der Waals surface area (Å²) >= 11 is 0. The Labute approximate surface area is 72.2 Å². The second kappa shape index (κ2) is 3.67. The molecule has 0 spiro atoms. The molecule has 0 aliphatic carbocycles.